The maximum Gasteiger partial charge on any atom is 0.271 e. The number of imide groups is 2. The number of halogens is 2. The van der Waals surface area contributed by atoms with Gasteiger partial charge in [0.05, 0.1) is 28.9 Å². The Morgan fingerprint density at radius 1 is 0.850 bits per heavy atom. The minimum absolute atomic E-state index is 0.0256. The van der Waals surface area contributed by atoms with E-state index in [2.05, 4.69) is 50.0 Å². The summed E-state index contributed by atoms with van der Waals surface area (Å²) in [4.78, 5) is 62.1. The van der Waals surface area contributed by atoms with E-state index in [1.165, 1.54) is 0 Å². The number of hydrogen-bond acceptors (Lipinski definition) is 10. The normalized spacial score (nSPS) is 22.6. The lowest BCUT2D eigenvalue weighted by atomic mass is 9.61. The Morgan fingerprint density at radius 2 is 1.65 bits per heavy atom. The number of carbonyl (C=O) groups excluding carboxylic acids is 4. The van der Waals surface area contributed by atoms with Crippen LogP contribution in [0.2, 0.25) is 0 Å². The number of pyridine rings is 2. The molecule has 1 unspecified atom stereocenters. The fourth-order valence-corrected chi connectivity index (χ4v) is 9.55. The first-order valence-electron chi connectivity index (χ1n) is 20.6. The number of aromatic nitrogens is 3. The molecule has 1 N–H and O–H groups in total. The summed E-state index contributed by atoms with van der Waals surface area (Å²) in [5.74, 6) is -4.56. The van der Waals surface area contributed by atoms with Crippen LogP contribution < -0.4 is 15.0 Å². The highest BCUT2D eigenvalue weighted by atomic mass is 19.3. The van der Waals surface area contributed by atoms with E-state index in [-0.39, 0.29) is 67.1 Å². The molecule has 2 saturated heterocycles. The summed E-state index contributed by atoms with van der Waals surface area (Å²) in [5, 5.41) is 4.49. The zero-order valence-electron chi connectivity index (χ0n) is 33.1. The Labute approximate surface area is 344 Å². The summed E-state index contributed by atoms with van der Waals surface area (Å²) < 4.78 is 49.2. The molecule has 10 rings (SSSR count). The smallest absolute Gasteiger partial charge is 0.271 e. The second-order valence-corrected chi connectivity index (χ2v) is 17.1. The highest BCUT2D eigenvalue weighted by Gasteiger charge is 2.54. The van der Waals surface area contributed by atoms with Crippen molar-refractivity contribution >= 4 is 51.1 Å². The molecule has 2 aromatic carbocycles. The molecule has 5 aliphatic rings. The van der Waals surface area contributed by atoms with Crippen molar-refractivity contribution < 1.29 is 42.2 Å². The van der Waals surface area contributed by atoms with Gasteiger partial charge in [-0.2, -0.15) is 0 Å². The van der Waals surface area contributed by atoms with Gasteiger partial charge in [-0.25, -0.2) is 13.8 Å². The van der Waals surface area contributed by atoms with Gasteiger partial charge in [-0.1, -0.05) is 12.1 Å². The SMILES string of the molecule is Cn1c2ccncc2c2ccc(-c3ccc(OC4CC(OCCCC(F)(F)COC5CC6(C5)CN(c5ccc7c(c5)C(=O)N(C5CCC(=O)NC5=O)C7=O)C6)C4)nc3)cc21. The number of alkyl halides is 2. The molecule has 60 heavy (non-hydrogen) atoms. The number of anilines is 1. The molecule has 13 nitrogen and oxygen atoms in total. The van der Waals surface area contributed by atoms with Gasteiger partial charge in [-0.3, -0.25) is 34.4 Å². The average molecular weight is 819 g/mol. The minimum Gasteiger partial charge on any atom is -0.474 e. The molecule has 0 radical (unpaired) electrons. The summed E-state index contributed by atoms with van der Waals surface area (Å²) in [6.45, 7) is 1.01. The first-order valence-corrected chi connectivity index (χ1v) is 20.6. The molecule has 6 heterocycles. The third-order valence-electron chi connectivity index (χ3n) is 13.0. The van der Waals surface area contributed by atoms with Gasteiger partial charge in [0, 0.05) is 110 Å². The van der Waals surface area contributed by atoms with Crippen molar-refractivity contribution in [3.8, 4) is 17.0 Å². The molecule has 2 saturated carbocycles. The first-order chi connectivity index (χ1) is 28.9. The van der Waals surface area contributed by atoms with Crippen molar-refractivity contribution in [2.24, 2.45) is 12.5 Å². The molecule has 0 bridgehead atoms. The van der Waals surface area contributed by atoms with Crippen molar-refractivity contribution in [1.82, 2.24) is 24.8 Å². The molecule has 3 aromatic heterocycles. The lowest BCUT2D eigenvalue weighted by molar-refractivity contribution is -0.155. The van der Waals surface area contributed by atoms with Crippen LogP contribution in [0.25, 0.3) is 32.9 Å². The van der Waals surface area contributed by atoms with Crippen LogP contribution in [0.1, 0.15) is 72.1 Å². The third kappa shape index (κ3) is 6.96. The van der Waals surface area contributed by atoms with Gasteiger partial charge in [-0.15, -0.1) is 0 Å². The van der Waals surface area contributed by atoms with E-state index in [0.717, 1.165) is 43.5 Å². The quantitative estimate of drug-likeness (QED) is 0.107. The molecule has 4 fully saturated rings. The zero-order valence-corrected chi connectivity index (χ0v) is 33.1. The van der Waals surface area contributed by atoms with Crippen LogP contribution in [0.15, 0.2) is 73.2 Å². The van der Waals surface area contributed by atoms with Crippen LogP contribution in [0.4, 0.5) is 14.5 Å². The van der Waals surface area contributed by atoms with E-state index < -0.39 is 42.2 Å². The summed E-state index contributed by atoms with van der Waals surface area (Å²) in [6.07, 6.45) is 8.03. The fourth-order valence-electron chi connectivity index (χ4n) is 9.55. The van der Waals surface area contributed by atoms with Gasteiger partial charge in [-0.05, 0) is 67.6 Å². The molecule has 1 atom stereocenters. The molecular weight excluding hydrogens is 775 g/mol. The second kappa shape index (κ2) is 14.7. The Balaban J connectivity index is 0.614. The van der Waals surface area contributed by atoms with Crippen molar-refractivity contribution in [1.29, 1.82) is 0 Å². The van der Waals surface area contributed by atoms with E-state index in [1.807, 2.05) is 30.6 Å². The number of rotatable bonds is 13. The number of nitrogens with zero attached hydrogens (tertiary/aromatic N) is 5. The number of aryl methyl sites for hydroxylation is 1. The van der Waals surface area contributed by atoms with Crippen molar-refractivity contribution in [2.75, 3.05) is 31.2 Å². The molecular formula is C45H44F2N6O7. The largest absolute Gasteiger partial charge is 0.474 e. The molecule has 5 aromatic rings. The Kier molecular flexibility index (Phi) is 9.43. The van der Waals surface area contributed by atoms with E-state index in [4.69, 9.17) is 14.2 Å². The minimum atomic E-state index is -2.95. The molecule has 3 aliphatic heterocycles. The molecule has 4 amide bonds. The fraction of sp³-hybridized carbons (Fsp3) is 0.422. The summed E-state index contributed by atoms with van der Waals surface area (Å²) in [5.41, 5.74) is 5.53. The molecule has 1 spiro atoms. The Bertz CT molecular complexity index is 2540. The van der Waals surface area contributed by atoms with Crippen LogP contribution in [-0.2, 0) is 26.1 Å². The Morgan fingerprint density at radius 3 is 2.43 bits per heavy atom. The van der Waals surface area contributed by atoms with Gasteiger partial charge in [0.25, 0.3) is 17.7 Å². The molecule has 2 aliphatic carbocycles. The van der Waals surface area contributed by atoms with Crippen molar-refractivity contribution in [3.63, 3.8) is 0 Å². The molecule has 15 heteroatoms. The van der Waals surface area contributed by atoms with Crippen LogP contribution >= 0.6 is 0 Å². The number of fused-ring (bicyclic) bond motifs is 4. The number of nitrogens with one attached hydrogen (secondary N) is 1. The zero-order chi connectivity index (χ0) is 41.3. The Hall–Kier alpha value is -5.80. The van der Waals surface area contributed by atoms with E-state index in [1.54, 1.807) is 24.4 Å². The number of ether oxygens (including phenoxy) is 3. The van der Waals surface area contributed by atoms with Crippen LogP contribution in [-0.4, -0.2) is 99.6 Å². The van der Waals surface area contributed by atoms with Crippen LogP contribution in [0, 0.1) is 5.41 Å². The predicted molar refractivity (Wildman–Crippen MR) is 216 cm³/mol. The summed E-state index contributed by atoms with van der Waals surface area (Å²) >= 11 is 0. The van der Waals surface area contributed by atoms with Crippen molar-refractivity contribution in [3.05, 3.63) is 84.3 Å². The summed E-state index contributed by atoms with van der Waals surface area (Å²) in [6, 6.07) is 16.3. The van der Waals surface area contributed by atoms with Gasteiger partial charge < -0.3 is 23.7 Å². The van der Waals surface area contributed by atoms with Gasteiger partial charge in [0.2, 0.25) is 17.7 Å². The van der Waals surface area contributed by atoms with Gasteiger partial charge in [0.1, 0.15) is 18.8 Å². The van der Waals surface area contributed by atoms with Crippen LogP contribution in [0.5, 0.6) is 5.88 Å². The highest BCUT2D eigenvalue weighted by Crippen LogP contribution is 2.51. The highest BCUT2D eigenvalue weighted by molar-refractivity contribution is 6.23. The lowest BCUT2D eigenvalue weighted by Gasteiger charge is -2.59. The van der Waals surface area contributed by atoms with Gasteiger partial charge in [0.15, 0.2) is 0 Å². The number of piperidine rings is 1. The maximum atomic E-state index is 14.8. The number of hydrogen-bond donors (Lipinski definition) is 1. The number of carbonyl (C=O) groups is 4. The monoisotopic (exact) mass is 818 g/mol. The summed E-state index contributed by atoms with van der Waals surface area (Å²) in [7, 11) is 2.06. The maximum absolute atomic E-state index is 14.8. The second-order valence-electron chi connectivity index (χ2n) is 17.1. The number of benzene rings is 2. The van der Waals surface area contributed by atoms with E-state index in [0.29, 0.717) is 44.7 Å². The topological polar surface area (TPSA) is 145 Å². The van der Waals surface area contributed by atoms with Gasteiger partial charge >= 0.3 is 0 Å². The standard InChI is InChI=1S/C45H44F2N6O7/c1-51-36-11-13-48-22-35(36)32-6-3-26(15-38(32)51)27-4-10-40(49-21-27)60-30-17-29(18-30)58-14-2-12-45(46,47)25-59-31-19-44(20-31)23-52(24-44)28-5-7-33-34(16-28)43(57)53(42(33)56)37-8-9-39(54)50-41(37)55/h3-7,10-11,13,15-16,21-22,29-31,37H,2,8-9,12,14,17-20,23-25H2,1H3,(H,50,54,55). The van der Waals surface area contributed by atoms with Crippen molar-refractivity contribution in [2.45, 2.75) is 81.6 Å². The lowest BCUT2D eigenvalue weighted by Crippen LogP contribution is -2.64. The van der Waals surface area contributed by atoms with E-state index in [9.17, 15) is 28.0 Å². The first kappa shape index (κ1) is 38.4. The average Bonchev–Trinajstić information content (AvgIpc) is 3.62. The predicted octanol–water partition coefficient (Wildman–Crippen LogP) is 6.22. The third-order valence-corrected chi connectivity index (χ3v) is 13.0. The van der Waals surface area contributed by atoms with Crippen LogP contribution in [0.3, 0.4) is 0 Å². The number of amides is 4. The van der Waals surface area contributed by atoms with E-state index >= 15 is 0 Å². The molecule has 310 valence electrons.